The van der Waals surface area contributed by atoms with Gasteiger partial charge in [-0.25, -0.2) is 8.98 Å². The Bertz CT molecular complexity index is 291. The highest BCUT2D eigenvalue weighted by Gasteiger charge is 2.03. The van der Waals surface area contributed by atoms with Gasteiger partial charge in [-0.3, -0.25) is 4.55 Å². The van der Waals surface area contributed by atoms with E-state index in [9.17, 15) is 13.2 Å². The molecule has 6 nitrogen and oxygen atoms in total. The molecule has 0 bridgehead atoms. The summed E-state index contributed by atoms with van der Waals surface area (Å²) >= 11 is 0. The van der Waals surface area contributed by atoms with Crippen LogP contribution in [-0.4, -0.2) is 32.2 Å². The summed E-state index contributed by atoms with van der Waals surface area (Å²) in [6.45, 7) is 1.49. The van der Waals surface area contributed by atoms with Gasteiger partial charge >= 0.3 is 16.4 Å². The van der Waals surface area contributed by atoms with Crippen LogP contribution in [0.4, 0.5) is 0 Å². The smallest absolute Gasteiger partial charge is 0.397 e. The zero-order chi connectivity index (χ0) is 11.0. The van der Waals surface area contributed by atoms with E-state index in [0.29, 0.717) is 0 Å². The summed E-state index contributed by atoms with van der Waals surface area (Å²) in [5.41, 5.74) is 0. The van der Waals surface area contributed by atoms with Crippen LogP contribution in [0.5, 0.6) is 0 Å². The Hall–Kier alpha value is -0.920. The van der Waals surface area contributed by atoms with Crippen LogP contribution in [0.2, 0.25) is 0 Å². The maximum atomic E-state index is 10.7. The maximum Gasteiger partial charge on any atom is 0.397 e. The topological polar surface area (TPSA) is 89.9 Å². The highest BCUT2D eigenvalue weighted by atomic mass is 32.3. The van der Waals surface area contributed by atoms with Crippen molar-refractivity contribution in [2.75, 3.05) is 13.2 Å². The Balaban J connectivity index is 3.44. The molecule has 0 rings (SSSR count). The minimum Gasteiger partial charge on any atom is -0.462 e. The molecule has 0 amide bonds. The molecule has 0 fully saturated rings. The summed E-state index contributed by atoms with van der Waals surface area (Å²) in [5, 5.41) is 0. The van der Waals surface area contributed by atoms with Crippen LogP contribution >= 0.6 is 0 Å². The van der Waals surface area contributed by atoms with Crippen molar-refractivity contribution in [3.63, 3.8) is 0 Å². The van der Waals surface area contributed by atoms with Gasteiger partial charge in [0.2, 0.25) is 0 Å². The van der Waals surface area contributed by atoms with E-state index in [-0.39, 0.29) is 19.6 Å². The molecular weight excluding hydrogens is 212 g/mol. The van der Waals surface area contributed by atoms with Gasteiger partial charge in [0, 0.05) is 12.5 Å². The van der Waals surface area contributed by atoms with Gasteiger partial charge in [-0.2, -0.15) is 8.42 Å². The summed E-state index contributed by atoms with van der Waals surface area (Å²) < 4.78 is 36.8. The third-order valence-electron chi connectivity index (χ3n) is 1.07. The normalized spacial score (nSPS) is 11.9. The number of carbonyl (C=O) groups excluding carboxylic acids is 1. The summed E-state index contributed by atoms with van der Waals surface area (Å²) in [6.07, 6.45) is 2.96. The molecule has 0 aliphatic carbocycles. The largest absolute Gasteiger partial charge is 0.462 e. The molecule has 0 aromatic rings. The van der Waals surface area contributed by atoms with Crippen LogP contribution < -0.4 is 0 Å². The van der Waals surface area contributed by atoms with Crippen LogP contribution in [0.15, 0.2) is 12.2 Å². The quantitative estimate of drug-likeness (QED) is 0.302. The van der Waals surface area contributed by atoms with Crippen molar-refractivity contribution >= 4 is 16.4 Å². The highest BCUT2D eigenvalue weighted by Crippen LogP contribution is 1.91. The van der Waals surface area contributed by atoms with Crippen molar-refractivity contribution in [1.82, 2.24) is 0 Å². The van der Waals surface area contributed by atoms with Gasteiger partial charge in [0.15, 0.2) is 0 Å². The van der Waals surface area contributed by atoms with E-state index in [1.54, 1.807) is 6.92 Å². The van der Waals surface area contributed by atoms with Gasteiger partial charge < -0.3 is 4.74 Å². The number of allylic oxidation sites excluding steroid dienone is 1. The Morgan fingerprint density at radius 2 is 2.07 bits per heavy atom. The van der Waals surface area contributed by atoms with Crippen molar-refractivity contribution < 1.29 is 26.7 Å². The van der Waals surface area contributed by atoms with E-state index in [2.05, 4.69) is 8.92 Å². The van der Waals surface area contributed by atoms with E-state index < -0.39 is 16.4 Å². The molecular formula is C7H12O6S. The van der Waals surface area contributed by atoms with E-state index >= 15 is 0 Å². The fourth-order valence-electron chi connectivity index (χ4n) is 0.580. The van der Waals surface area contributed by atoms with Gasteiger partial charge in [0.05, 0.1) is 13.2 Å². The standard InChI is InChI=1S/C7H12O6S/c1-2-4-7(8)12-5-3-6-13-14(9,10)11/h2,4H,3,5-6H2,1H3,(H,9,10,11). The molecule has 0 spiro atoms. The zero-order valence-electron chi connectivity index (χ0n) is 7.67. The fraction of sp³-hybridized carbons (Fsp3) is 0.571. The molecule has 14 heavy (non-hydrogen) atoms. The first-order chi connectivity index (χ1) is 6.45. The van der Waals surface area contributed by atoms with Gasteiger partial charge in [0.1, 0.15) is 0 Å². The third kappa shape index (κ3) is 9.17. The zero-order valence-corrected chi connectivity index (χ0v) is 8.49. The van der Waals surface area contributed by atoms with Crippen LogP contribution in [0.1, 0.15) is 13.3 Å². The SMILES string of the molecule is CC=CC(=O)OCCCOS(=O)(=O)O. The molecule has 82 valence electrons. The Morgan fingerprint density at radius 1 is 1.43 bits per heavy atom. The second-order valence-corrected chi connectivity index (χ2v) is 3.36. The minimum absolute atomic E-state index is 0.0404. The molecule has 0 aliphatic rings. The average molecular weight is 224 g/mol. The Morgan fingerprint density at radius 3 is 2.57 bits per heavy atom. The van der Waals surface area contributed by atoms with E-state index in [1.807, 2.05) is 0 Å². The van der Waals surface area contributed by atoms with Crippen LogP contribution in [-0.2, 0) is 24.1 Å². The van der Waals surface area contributed by atoms with Gasteiger partial charge in [-0.1, -0.05) is 6.08 Å². The number of hydrogen-bond donors (Lipinski definition) is 1. The van der Waals surface area contributed by atoms with Gasteiger partial charge in [-0.05, 0) is 6.92 Å². The van der Waals surface area contributed by atoms with Crippen LogP contribution in [0, 0.1) is 0 Å². The second kappa shape index (κ2) is 6.52. The van der Waals surface area contributed by atoms with Crippen LogP contribution in [0.25, 0.3) is 0 Å². The maximum absolute atomic E-state index is 10.7. The first-order valence-electron chi connectivity index (χ1n) is 3.87. The summed E-state index contributed by atoms with van der Waals surface area (Å²) in [4.78, 5) is 10.7. The van der Waals surface area contributed by atoms with Crippen molar-refractivity contribution in [3.05, 3.63) is 12.2 Å². The third-order valence-corrected chi connectivity index (χ3v) is 1.53. The predicted octanol–water partition coefficient (Wildman–Crippen LogP) is 0.315. The fourth-order valence-corrected chi connectivity index (χ4v) is 0.909. The lowest BCUT2D eigenvalue weighted by Gasteiger charge is -2.01. The predicted molar refractivity (Wildman–Crippen MR) is 47.9 cm³/mol. The van der Waals surface area contributed by atoms with Crippen molar-refractivity contribution in [1.29, 1.82) is 0 Å². The lowest BCUT2D eigenvalue weighted by Crippen LogP contribution is -2.09. The molecule has 0 aromatic carbocycles. The number of carbonyl (C=O) groups is 1. The molecule has 0 aromatic heterocycles. The Labute approximate surface area is 82.5 Å². The summed E-state index contributed by atoms with van der Waals surface area (Å²) in [6, 6.07) is 0. The molecule has 0 saturated heterocycles. The van der Waals surface area contributed by atoms with E-state index in [4.69, 9.17) is 4.55 Å². The van der Waals surface area contributed by atoms with Crippen molar-refractivity contribution in [2.45, 2.75) is 13.3 Å². The molecule has 7 heteroatoms. The second-order valence-electron chi connectivity index (χ2n) is 2.27. The number of ether oxygens (including phenoxy) is 1. The number of hydrogen-bond acceptors (Lipinski definition) is 5. The molecule has 1 N–H and O–H groups in total. The minimum atomic E-state index is -4.39. The van der Waals surface area contributed by atoms with Crippen LogP contribution in [0.3, 0.4) is 0 Å². The average Bonchev–Trinajstić information content (AvgIpc) is 2.02. The molecule has 0 radical (unpaired) electrons. The monoisotopic (exact) mass is 224 g/mol. The van der Waals surface area contributed by atoms with Crippen molar-refractivity contribution in [3.8, 4) is 0 Å². The molecule has 0 aliphatic heterocycles. The van der Waals surface area contributed by atoms with Gasteiger partial charge in [-0.15, -0.1) is 0 Å². The molecule has 0 heterocycles. The van der Waals surface area contributed by atoms with Gasteiger partial charge in [0.25, 0.3) is 0 Å². The number of esters is 1. The lowest BCUT2D eigenvalue weighted by atomic mass is 10.5. The highest BCUT2D eigenvalue weighted by molar-refractivity contribution is 7.80. The van der Waals surface area contributed by atoms with E-state index in [1.165, 1.54) is 12.2 Å². The van der Waals surface area contributed by atoms with E-state index in [0.717, 1.165) is 0 Å². The summed E-state index contributed by atoms with van der Waals surface area (Å²) in [5.74, 6) is -0.501. The lowest BCUT2D eigenvalue weighted by molar-refractivity contribution is -0.137. The van der Waals surface area contributed by atoms with Crippen molar-refractivity contribution in [2.24, 2.45) is 0 Å². The summed E-state index contributed by atoms with van der Waals surface area (Å²) in [7, 11) is -4.39. The number of rotatable bonds is 6. The molecule has 0 saturated carbocycles. The first kappa shape index (κ1) is 13.1. The molecule has 0 unspecified atom stereocenters. The Kier molecular flexibility index (Phi) is 6.09. The first-order valence-corrected chi connectivity index (χ1v) is 5.23. The molecule has 0 atom stereocenters.